The molecule has 21 heavy (non-hydrogen) atoms. The van der Waals surface area contributed by atoms with Crippen molar-refractivity contribution in [3.63, 3.8) is 0 Å². The molecule has 1 aromatic carbocycles. The van der Waals surface area contributed by atoms with Gasteiger partial charge in [-0.2, -0.15) is 4.98 Å². The van der Waals surface area contributed by atoms with Crippen molar-refractivity contribution in [2.75, 3.05) is 0 Å². The molecule has 4 aromatic rings. The van der Waals surface area contributed by atoms with Gasteiger partial charge in [0.05, 0.1) is 5.56 Å². The number of hydrogen-bond acceptors (Lipinski definition) is 4. The van der Waals surface area contributed by atoms with Gasteiger partial charge in [-0.15, -0.1) is 0 Å². The number of aromatic hydroxyl groups is 1. The van der Waals surface area contributed by atoms with Crippen molar-refractivity contribution in [1.82, 2.24) is 14.5 Å². The molecule has 0 amide bonds. The minimum absolute atomic E-state index is 0.123. The molecule has 3 heterocycles. The number of phenolic OH excluding ortho intramolecular Hbond substituents is 1. The van der Waals surface area contributed by atoms with Gasteiger partial charge in [0.15, 0.2) is 11.2 Å². The van der Waals surface area contributed by atoms with Gasteiger partial charge in [-0.05, 0) is 42.5 Å². The van der Waals surface area contributed by atoms with Gasteiger partial charge in [0, 0.05) is 24.3 Å². The van der Waals surface area contributed by atoms with Crippen LogP contribution in [-0.4, -0.2) is 19.6 Å². The summed E-state index contributed by atoms with van der Waals surface area (Å²) >= 11 is 0. The van der Waals surface area contributed by atoms with Gasteiger partial charge >= 0.3 is 0 Å². The normalized spacial score (nSPS) is 11.0. The number of fused-ring (bicyclic) bond motifs is 1. The molecule has 4 rings (SSSR count). The summed E-state index contributed by atoms with van der Waals surface area (Å²) in [7, 11) is 0. The zero-order valence-corrected chi connectivity index (χ0v) is 11.0. The van der Waals surface area contributed by atoms with Crippen molar-refractivity contribution in [3.8, 4) is 22.9 Å². The van der Waals surface area contributed by atoms with Gasteiger partial charge in [-0.25, -0.2) is 4.98 Å². The Hall–Kier alpha value is -3.08. The monoisotopic (exact) mass is 277 g/mol. The van der Waals surface area contributed by atoms with Crippen molar-refractivity contribution in [3.05, 3.63) is 61.1 Å². The summed E-state index contributed by atoms with van der Waals surface area (Å²) < 4.78 is 7.61. The predicted octanol–water partition coefficient (Wildman–Crippen LogP) is 3.39. The number of oxazole rings is 1. The van der Waals surface area contributed by atoms with E-state index in [1.807, 2.05) is 41.2 Å². The first kappa shape index (κ1) is 11.7. The Morgan fingerprint density at radius 2 is 1.90 bits per heavy atom. The molecule has 3 aromatic heterocycles. The molecule has 5 nitrogen and oxygen atoms in total. The summed E-state index contributed by atoms with van der Waals surface area (Å²) in [5.74, 6) is 0.479. The van der Waals surface area contributed by atoms with Crippen LogP contribution in [0.25, 0.3) is 28.4 Å². The Labute approximate surface area is 120 Å². The average molecular weight is 277 g/mol. The highest BCUT2D eigenvalue weighted by atomic mass is 16.4. The molecule has 5 heteroatoms. The van der Waals surface area contributed by atoms with Crippen molar-refractivity contribution in [2.45, 2.75) is 0 Å². The van der Waals surface area contributed by atoms with Gasteiger partial charge in [-0.3, -0.25) is 0 Å². The Morgan fingerprint density at radius 1 is 1.05 bits per heavy atom. The van der Waals surface area contributed by atoms with Crippen molar-refractivity contribution >= 4 is 11.2 Å². The topological polar surface area (TPSA) is 64.1 Å². The van der Waals surface area contributed by atoms with E-state index < -0.39 is 0 Å². The number of hydrogen-bond donors (Lipinski definition) is 1. The van der Waals surface area contributed by atoms with Crippen molar-refractivity contribution in [2.24, 2.45) is 0 Å². The first-order chi connectivity index (χ1) is 10.3. The minimum Gasteiger partial charge on any atom is -0.507 e. The lowest BCUT2D eigenvalue weighted by Gasteiger charge is -2.06. The third-order valence-electron chi connectivity index (χ3n) is 3.28. The van der Waals surface area contributed by atoms with Crippen LogP contribution in [-0.2, 0) is 0 Å². The lowest BCUT2D eigenvalue weighted by Crippen LogP contribution is -1.90. The largest absolute Gasteiger partial charge is 0.507 e. The van der Waals surface area contributed by atoms with Gasteiger partial charge in [0.25, 0.3) is 0 Å². The molecule has 102 valence electrons. The zero-order valence-electron chi connectivity index (χ0n) is 11.0. The minimum atomic E-state index is 0.123. The third kappa shape index (κ3) is 1.95. The van der Waals surface area contributed by atoms with E-state index in [-0.39, 0.29) is 5.75 Å². The summed E-state index contributed by atoms with van der Waals surface area (Å²) in [6, 6.07) is 12.8. The number of nitrogens with zero attached hydrogens (tertiary/aromatic N) is 3. The van der Waals surface area contributed by atoms with E-state index in [9.17, 15) is 5.11 Å². The van der Waals surface area contributed by atoms with E-state index in [4.69, 9.17) is 4.42 Å². The maximum atomic E-state index is 10.1. The summed E-state index contributed by atoms with van der Waals surface area (Å²) in [6.45, 7) is 0. The van der Waals surface area contributed by atoms with Crippen LogP contribution in [0.5, 0.6) is 5.75 Å². The van der Waals surface area contributed by atoms with Crippen molar-refractivity contribution < 1.29 is 9.52 Å². The smallest absolute Gasteiger partial charge is 0.232 e. The molecule has 0 aliphatic heterocycles. The van der Waals surface area contributed by atoms with E-state index in [1.165, 1.54) is 0 Å². The molecule has 0 spiro atoms. The number of rotatable bonds is 2. The van der Waals surface area contributed by atoms with Gasteiger partial charge in [0.2, 0.25) is 5.89 Å². The molecule has 0 aliphatic rings. The molecule has 0 bridgehead atoms. The van der Waals surface area contributed by atoms with Gasteiger partial charge < -0.3 is 14.1 Å². The zero-order chi connectivity index (χ0) is 14.2. The van der Waals surface area contributed by atoms with E-state index in [0.717, 1.165) is 5.69 Å². The molecule has 0 atom stereocenters. The van der Waals surface area contributed by atoms with Crippen LogP contribution in [0.1, 0.15) is 0 Å². The fourth-order valence-corrected chi connectivity index (χ4v) is 2.25. The highest BCUT2D eigenvalue weighted by molar-refractivity contribution is 5.74. The van der Waals surface area contributed by atoms with Crippen molar-refractivity contribution in [1.29, 1.82) is 0 Å². The van der Waals surface area contributed by atoms with Crippen LogP contribution in [0.3, 0.4) is 0 Å². The average Bonchev–Trinajstić information content (AvgIpc) is 3.17. The number of benzene rings is 1. The van der Waals surface area contributed by atoms with Gasteiger partial charge in [0.1, 0.15) is 5.75 Å². The lowest BCUT2D eigenvalue weighted by molar-refractivity contribution is 0.474. The van der Waals surface area contributed by atoms with Gasteiger partial charge in [-0.1, -0.05) is 0 Å². The molecular formula is C16H11N3O2. The Balaban J connectivity index is 1.89. The quantitative estimate of drug-likeness (QED) is 0.610. The SMILES string of the molecule is Oc1ccc(-n2cccc2)cc1-c1nc2ncccc2o1. The van der Waals surface area contributed by atoms with E-state index in [2.05, 4.69) is 9.97 Å². The second kappa shape index (κ2) is 4.49. The fraction of sp³-hybridized carbons (Fsp3) is 0. The number of pyridine rings is 1. The highest BCUT2D eigenvalue weighted by Gasteiger charge is 2.13. The summed E-state index contributed by atoms with van der Waals surface area (Å²) in [5.41, 5.74) is 2.58. The molecule has 0 aliphatic carbocycles. The van der Waals surface area contributed by atoms with Crippen LogP contribution in [0, 0.1) is 0 Å². The standard InChI is InChI=1S/C16H11N3O2/c20-13-6-5-11(19-8-1-2-9-19)10-12(13)16-18-15-14(21-16)4-3-7-17-15/h1-10,20H. The van der Waals surface area contributed by atoms with Crippen LogP contribution in [0.2, 0.25) is 0 Å². The third-order valence-corrected chi connectivity index (χ3v) is 3.28. The van der Waals surface area contributed by atoms with E-state index in [1.54, 1.807) is 24.4 Å². The van der Waals surface area contributed by atoms with Crippen LogP contribution < -0.4 is 0 Å². The maximum Gasteiger partial charge on any atom is 0.232 e. The molecule has 1 N–H and O–H groups in total. The second-order valence-corrected chi connectivity index (χ2v) is 4.64. The lowest BCUT2D eigenvalue weighted by atomic mass is 10.1. The van der Waals surface area contributed by atoms with E-state index in [0.29, 0.717) is 22.7 Å². The van der Waals surface area contributed by atoms with Crippen LogP contribution in [0.4, 0.5) is 0 Å². The summed E-state index contributed by atoms with van der Waals surface area (Å²) in [6.07, 6.45) is 5.53. The van der Waals surface area contributed by atoms with Crippen LogP contribution in [0.15, 0.2) is 65.5 Å². The molecule has 0 radical (unpaired) electrons. The molecule has 0 unspecified atom stereocenters. The molecular weight excluding hydrogens is 266 g/mol. The molecule has 0 saturated carbocycles. The summed E-state index contributed by atoms with van der Waals surface area (Å²) in [5, 5.41) is 10.1. The maximum absolute atomic E-state index is 10.1. The number of phenols is 1. The highest BCUT2D eigenvalue weighted by Crippen LogP contribution is 2.32. The second-order valence-electron chi connectivity index (χ2n) is 4.64. The molecule has 0 saturated heterocycles. The Morgan fingerprint density at radius 3 is 2.71 bits per heavy atom. The predicted molar refractivity (Wildman–Crippen MR) is 78.2 cm³/mol. The first-order valence-corrected chi connectivity index (χ1v) is 6.49. The molecule has 0 fully saturated rings. The van der Waals surface area contributed by atoms with Crippen LogP contribution >= 0.6 is 0 Å². The Bertz CT molecular complexity index is 877. The first-order valence-electron chi connectivity index (χ1n) is 6.49. The van der Waals surface area contributed by atoms with E-state index >= 15 is 0 Å². The fourth-order valence-electron chi connectivity index (χ4n) is 2.25. The summed E-state index contributed by atoms with van der Waals surface area (Å²) in [4.78, 5) is 8.46. The number of aromatic nitrogens is 3. The Kier molecular flexibility index (Phi) is 2.50.